The van der Waals surface area contributed by atoms with Crippen molar-refractivity contribution in [3.05, 3.63) is 0 Å². The highest BCUT2D eigenvalue weighted by molar-refractivity contribution is 5.76. The van der Waals surface area contributed by atoms with Crippen LogP contribution in [0.15, 0.2) is 0 Å². The molecular formula is C17H32N2O. The fraction of sp³-hybridized carbons (Fsp3) is 0.941. The Labute approximate surface area is 124 Å². The van der Waals surface area contributed by atoms with E-state index in [4.69, 9.17) is 0 Å². The second-order valence-corrected chi connectivity index (χ2v) is 6.63. The average Bonchev–Trinajstić information content (AvgIpc) is 2.90. The highest BCUT2D eigenvalue weighted by Crippen LogP contribution is 2.25. The van der Waals surface area contributed by atoms with Crippen molar-refractivity contribution in [3.63, 3.8) is 0 Å². The van der Waals surface area contributed by atoms with Crippen molar-refractivity contribution in [1.82, 2.24) is 10.2 Å². The number of hydrogen-bond acceptors (Lipinski definition) is 2. The van der Waals surface area contributed by atoms with Crippen molar-refractivity contribution in [1.29, 1.82) is 0 Å². The van der Waals surface area contributed by atoms with Crippen LogP contribution in [0.2, 0.25) is 0 Å². The first kappa shape index (κ1) is 15.8. The van der Waals surface area contributed by atoms with Crippen LogP contribution in [-0.2, 0) is 4.79 Å². The number of fused-ring (bicyclic) bond motifs is 1. The number of carbonyl (C=O) groups is 1. The van der Waals surface area contributed by atoms with Gasteiger partial charge >= 0.3 is 0 Å². The number of nitrogens with one attached hydrogen (secondary N) is 1. The second-order valence-electron chi connectivity index (χ2n) is 6.63. The Morgan fingerprint density at radius 1 is 1.10 bits per heavy atom. The third-order valence-electron chi connectivity index (χ3n) is 4.95. The van der Waals surface area contributed by atoms with Gasteiger partial charge in [-0.3, -0.25) is 4.79 Å². The van der Waals surface area contributed by atoms with Crippen LogP contribution in [0.5, 0.6) is 0 Å². The van der Waals surface area contributed by atoms with E-state index in [9.17, 15) is 4.79 Å². The molecule has 2 saturated heterocycles. The molecule has 2 aliphatic rings. The summed E-state index contributed by atoms with van der Waals surface area (Å²) in [6.07, 6.45) is 12.4. The maximum atomic E-state index is 12.2. The first-order valence-corrected chi connectivity index (χ1v) is 8.82. The molecule has 0 bridgehead atoms. The van der Waals surface area contributed by atoms with Gasteiger partial charge in [0.1, 0.15) is 0 Å². The molecule has 0 saturated carbocycles. The van der Waals surface area contributed by atoms with Gasteiger partial charge in [0, 0.05) is 25.6 Å². The molecule has 0 aromatic carbocycles. The minimum Gasteiger partial charge on any atom is -0.341 e. The lowest BCUT2D eigenvalue weighted by Gasteiger charge is -2.24. The zero-order valence-corrected chi connectivity index (χ0v) is 13.2. The van der Waals surface area contributed by atoms with Gasteiger partial charge in [0.25, 0.3) is 0 Å². The van der Waals surface area contributed by atoms with Crippen LogP contribution in [-0.4, -0.2) is 36.5 Å². The Kier molecular flexibility index (Phi) is 6.85. The normalized spacial score (nSPS) is 25.8. The molecule has 2 aliphatic heterocycles. The molecule has 0 aromatic rings. The highest BCUT2D eigenvalue weighted by atomic mass is 16.2. The molecule has 1 amide bonds. The van der Waals surface area contributed by atoms with E-state index in [1.807, 2.05) is 0 Å². The number of rotatable bonds is 8. The molecule has 116 valence electrons. The molecule has 0 spiro atoms. The molecule has 3 heteroatoms. The van der Waals surface area contributed by atoms with Gasteiger partial charge in [-0.15, -0.1) is 0 Å². The topological polar surface area (TPSA) is 32.3 Å². The predicted octanol–water partition coefficient (Wildman–Crippen LogP) is 3.34. The zero-order chi connectivity index (χ0) is 14.2. The SMILES string of the molecule is CCCCCCCCCC(=O)N1CC2CCCNC2C1. The lowest BCUT2D eigenvalue weighted by Crippen LogP contribution is -2.41. The summed E-state index contributed by atoms with van der Waals surface area (Å²) in [6, 6.07) is 0.585. The third kappa shape index (κ3) is 4.76. The molecule has 2 atom stereocenters. The Balaban J connectivity index is 1.54. The van der Waals surface area contributed by atoms with Crippen LogP contribution < -0.4 is 5.32 Å². The lowest BCUT2D eigenvalue weighted by atomic mass is 9.94. The minimum atomic E-state index is 0.398. The van der Waals surface area contributed by atoms with Gasteiger partial charge in [-0.05, 0) is 31.7 Å². The fourth-order valence-corrected chi connectivity index (χ4v) is 3.64. The number of nitrogens with zero attached hydrogens (tertiary/aromatic N) is 1. The number of piperidine rings is 1. The summed E-state index contributed by atoms with van der Waals surface area (Å²) in [7, 11) is 0. The van der Waals surface area contributed by atoms with E-state index in [2.05, 4.69) is 17.1 Å². The van der Waals surface area contributed by atoms with Crippen molar-refractivity contribution in [2.24, 2.45) is 5.92 Å². The van der Waals surface area contributed by atoms with Crippen molar-refractivity contribution >= 4 is 5.91 Å². The first-order chi connectivity index (χ1) is 9.81. The Hall–Kier alpha value is -0.570. The van der Waals surface area contributed by atoms with Crippen LogP contribution in [0.4, 0.5) is 0 Å². The second kappa shape index (κ2) is 8.66. The van der Waals surface area contributed by atoms with Gasteiger partial charge in [-0.25, -0.2) is 0 Å². The first-order valence-electron chi connectivity index (χ1n) is 8.82. The molecular weight excluding hydrogens is 248 g/mol. The van der Waals surface area contributed by atoms with Crippen LogP contribution in [0, 0.1) is 5.92 Å². The fourth-order valence-electron chi connectivity index (χ4n) is 3.64. The molecule has 20 heavy (non-hydrogen) atoms. The van der Waals surface area contributed by atoms with Crippen molar-refractivity contribution in [3.8, 4) is 0 Å². The monoisotopic (exact) mass is 280 g/mol. The van der Waals surface area contributed by atoms with Gasteiger partial charge in [-0.1, -0.05) is 45.4 Å². The Bertz CT molecular complexity index is 279. The van der Waals surface area contributed by atoms with E-state index in [0.29, 0.717) is 11.9 Å². The lowest BCUT2D eigenvalue weighted by molar-refractivity contribution is -0.130. The van der Waals surface area contributed by atoms with Crippen molar-refractivity contribution in [2.45, 2.75) is 77.2 Å². The largest absolute Gasteiger partial charge is 0.341 e. The summed E-state index contributed by atoms with van der Waals surface area (Å²) in [4.78, 5) is 14.3. The molecule has 0 radical (unpaired) electrons. The standard InChI is InChI=1S/C17H32N2O/c1-2-3-4-5-6-7-8-11-17(20)19-13-15-10-9-12-18-16(15)14-19/h15-16,18H,2-14H2,1H3. The van der Waals surface area contributed by atoms with Gasteiger partial charge in [-0.2, -0.15) is 0 Å². The van der Waals surface area contributed by atoms with Crippen molar-refractivity contribution in [2.75, 3.05) is 19.6 Å². The Morgan fingerprint density at radius 3 is 2.60 bits per heavy atom. The van der Waals surface area contributed by atoms with Crippen LogP contribution in [0.25, 0.3) is 0 Å². The van der Waals surface area contributed by atoms with E-state index in [1.165, 1.54) is 51.4 Å². The Morgan fingerprint density at radius 2 is 1.85 bits per heavy atom. The smallest absolute Gasteiger partial charge is 0.222 e. The van der Waals surface area contributed by atoms with Gasteiger partial charge in [0.15, 0.2) is 0 Å². The highest BCUT2D eigenvalue weighted by Gasteiger charge is 2.35. The zero-order valence-electron chi connectivity index (χ0n) is 13.2. The molecule has 2 rings (SSSR count). The summed E-state index contributed by atoms with van der Waals surface area (Å²) in [5, 5.41) is 3.57. The summed E-state index contributed by atoms with van der Waals surface area (Å²) in [5.74, 6) is 1.12. The summed E-state index contributed by atoms with van der Waals surface area (Å²) in [5.41, 5.74) is 0. The van der Waals surface area contributed by atoms with Crippen LogP contribution in [0.3, 0.4) is 0 Å². The number of carbonyl (C=O) groups excluding carboxylic acids is 1. The minimum absolute atomic E-state index is 0.398. The van der Waals surface area contributed by atoms with Gasteiger partial charge in [0.2, 0.25) is 5.91 Å². The van der Waals surface area contributed by atoms with E-state index in [1.54, 1.807) is 0 Å². The number of amides is 1. The average molecular weight is 280 g/mol. The summed E-state index contributed by atoms with van der Waals surface area (Å²) < 4.78 is 0. The van der Waals surface area contributed by atoms with Crippen LogP contribution >= 0.6 is 0 Å². The van der Waals surface area contributed by atoms with Crippen molar-refractivity contribution < 1.29 is 4.79 Å². The van der Waals surface area contributed by atoms with E-state index in [0.717, 1.165) is 38.4 Å². The molecule has 2 fully saturated rings. The maximum absolute atomic E-state index is 12.2. The summed E-state index contributed by atoms with van der Waals surface area (Å²) >= 11 is 0. The molecule has 3 nitrogen and oxygen atoms in total. The quantitative estimate of drug-likeness (QED) is 0.692. The molecule has 2 heterocycles. The summed E-state index contributed by atoms with van der Waals surface area (Å²) in [6.45, 7) is 5.36. The van der Waals surface area contributed by atoms with E-state index >= 15 is 0 Å². The number of unbranched alkanes of at least 4 members (excludes halogenated alkanes) is 6. The maximum Gasteiger partial charge on any atom is 0.222 e. The van der Waals surface area contributed by atoms with Gasteiger partial charge < -0.3 is 10.2 Å². The van der Waals surface area contributed by atoms with Gasteiger partial charge in [0.05, 0.1) is 0 Å². The predicted molar refractivity (Wildman–Crippen MR) is 83.7 cm³/mol. The third-order valence-corrected chi connectivity index (χ3v) is 4.95. The van der Waals surface area contributed by atoms with E-state index < -0.39 is 0 Å². The number of hydrogen-bond donors (Lipinski definition) is 1. The molecule has 0 aromatic heterocycles. The molecule has 0 aliphatic carbocycles. The molecule has 2 unspecified atom stereocenters. The van der Waals surface area contributed by atoms with Crippen LogP contribution in [0.1, 0.15) is 71.1 Å². The molecule has 1 N–H and O–H groups in total. The van der Waals surface area contributed by atoms with E-state index in [-0.39, 0.29) is 0 Å². The number of likely N-dealkylation sites (tertiary alicyclic amines) is 1.